The van der Waals surface area contributed by atoms with Crippen LogP contribution in [0.25, 0.3) is 0 Å². The van der Waals surface area contributed by atoms with Crippen molar-refractivity contribution in [3.8, 4) is 0 Å². The van der Waals surface area contributed by atoms with Crippen LogP contribution in [0.4, 0.5) is 0 Å². The summed E-state index contributed by atoms with van der Waals surface area (Å²) >= 11 is 0. The third kappa shape index (κ3) is 19.8. The van der Waals surface area contributed by atoms with Gasteiger partial charge >= 0.3 is 21.1 Å². The van der Waals surface area contributed by atoms with Crippen LogP contribution in [-0.4, -0.2) is 11.8 Å². The third-order valence-corrected chi connectivity index (χ3v) is 1.13. The van der Waals surface area contributed by atoms with Gasteiger partial charge in [-0.3, -0.25) is 20.4 Å². The molecule has 0 fully saturated rings. The van der Waals surface area contributed by atoms with Gasteiger partial charge in [0.25, 0.3) is 0 Å². The van der Waals surface area contributed by atoms with Crippen LogP contribution in [0.2, 0.25) is 0 Å². The summed E-state index contributed by atoms with van der Waals surface area (Å²) in [5.74, 6) is 9.15. The first-order valence-corrected chi connectivity index (χ1v) is 4.19. The second-order valence-electron chi connectivity index (χ2n) is 2.34. The van der Waals surface area contributed by atoms with Crippen LogP contribution in [0.15, 0.2) is 0 Å². The summed E-state index contributed by atoms with van der Waals surface area (Å²) in [5.41, 5.74) is 3.97. The molecule has 0 saturated heterocycles. The summed E-state index contributed by atoms with van der Waals surface area (Å²) in [7, 11) is 0. The SMILES string of the molecule is [CH2-]CCC(=O)NN.[CH2-]CCC(=O)NN.[W+2]. The van der Waals surface area contributed by atoms with E-state index in [1.807, 2.05) is 10.9 Å². The molecular formula is C8H18N4O2W. The minimum Gasteiger partial charge on any atom is -0.343 e. The number of hydrazine groups is 2. The van der Waals surface area contributed by atoms with Crippen molar-refractivity contribution in [1.29, 1.82) is 0 Å². The molecule has 6 nitrogen and oxygen atoms in total. The van der Waals surface area contributed by atoms with Crippen molar-refractivity contribution in [2.24, 2.45) is 11.7 Å². The number of nitrogens with two attached hydrogens (primary N) is 2. The molecule has 0 unspecified atom stereocenters. The van der Waals surface area contributed by atoms with Gasteiger partial charge in [0.2, 0.25) is 11.8 Å². The average molecular weight is 386 g/mol. The Labute approximate surface area is 105 Å². The Kier molecular flexibility index (Phi) is 21.4. The Balaban J connectivity index is -0.000000180. The zero-order valence-corrected chi connectivity index (χ0v) is 11.6. The van der Waals surface area contributed by atoms with Gasteiger partial charge in [-0.25, -0.2) is 11.7 Å². The van der Waals surface area contributed by atoms with Crippen LogP contribution in [0, 0.1) is 13.8 Å². The van der Waals surface area contributed by atoms with E-state index >= 15 is 0 Å². The number of carbonyl (C=O) groups excluding carboxylic acids is 2. The van der Waals surface area contributed by atoms with Crippen LogP contribution in [-0.2, 0) is 30.7 Å². The number of rotatable bonds is 4. The first kappa shape index (κ1) is 20.0. The molecule has 0 atom stereocenters. The second kappa shape index (κ2) is 16.0. The van der Waals surface area contributed by atoms with E-state index in [-0.39, 0.29) is 32.9 Å². The van der Waals surface area contributed by atoms with Crippen molar-refractivity contribution < 1.29 is 30.7 Å². The van der Waals surface area contributed by atoms with Gasteiger partial charge in [-0.1, -0.05) is 0 Å². The van der Waals surface area contributed by atoms with E-state index in [1.54, 1.807) is 0 Å². The summed E-state index contributed by atoms with van der Waals surface area (Å²) in [6.07, 6.45) is 2.03. The van der Waals surface area contributed by atoms with E-state index in [4.69, 9.17) is 11.7 Å². The monoisotopic (exact) mass is 386 g/mol. The van der Waals surface area contributed by atoms with Crippen molar-refractivity contribution >= 4 is 11.8 Å². The smallest absolute Gasteiger partial charge is 0.343 e. The second-order valence-corrected chi connectivity index (χ2v) is 2.34. The maximum absolute atomic E-state index is 10.1. The van der Waals surface area contributed by atoms with E-state index in [1.165, 1.54) is 0 Å². The van der Waals surface area contributed by atoms with E-state index in [0.29, 0.717) is 25.7 Å². The minimum absolute atomic E-state index is 0. The number of amides is 2. The van der Waals surface area contributed by atoms with Gasteiger partial charge < -0.3 is 13.8 Å². The molecule has 0 aliphatic heterocycles. The van der Waals surface area contributed by atoms with Gasteiger partial charge in [0.1, 0.15) is 0 Å². The standard InChI is InChI=1S/2C4H9N2O.W/c2*1-2-3-4(7)6-5;/h2*1-3,5H2,(H,6,7);/q2*-1;+2. The van der Waals surface area contributed by atoms with Crippen molar-refractivity contribution in [1.82, 2.24) is 10.9 Å². The molecule has 0 spiro atoms. The quantitative estimate of drug-likeness (QED) is 0.219. The number of hydrogen-bond acceptors (Lipinski definition) is 4. The summed E-state index contributed by atoms with van der Waals surface area (Å²) in [6, 6.07) is 0. The van der Waals surface area contributed by atoms with E-state index in [0.717, 1.165) is 0 Å². The molecule has 2 amide bonds. The predicted molar refractivity (Wildman–Crippen MR) is 53.8 cm³/mol. The predicted octanol–water partition coefficient (Wildman–Crippen LogP) is -0.821. The van der Waals surface area contributed by atoms with E-state index in [9.17, 15) is 9.59 Å². The molecule has 0 aromatic carbocycles. The normalized spacial score (nSPS) is 7.73. The van der Waals surface area contributed by atoms with Crippen molar-refractivity contribution in [3.05, 3.63) is 13.8 Å². The summed E-state index contributed by atoms with van der Waals surface area (Å²) in [4.78, 5) is 20.3. The van der Waals surface area contributed by atoms with Gasteiger partial charge in [-0.2, -0.15) is 12.8 Å². The number of carbonyl (C=O) groups is 2. The molecule has 0 radical (unpaired) electrons. The molecule has 7 heteroatoms. The Hall–Kier alpha value is -0.452. The molecule has 0 bridgehead atoms. The molecule has 88 valence electrons. The van der Waals surface area contributed by atoms with E-state index in [2.05, 4.69) is 13.8 Å². The maximum Gasteiger partial charge on any atom is 2.00 e. The molecule has 0 heterocycles. The molecule has 0 saturated carbocycles. The van der Waals surface area contributed by atoms with Crippen LogP contribution >= 0.6 is 0 Å². The van der Waals surface area contributed by atoms with Crippen LogP contribution in [0.3, 0.4) is 0 Å². The van der Waals surface area contributed by atoms with Gasteiger partial charge in [0.05, 0.1) is 0 Å². The van der Waals surface area contributed by atoms with Gasteiger partial charge in [0.15, 0.2) is 0 Å². The fourth-order valence-corrected chi connectivity index (χ4v) is 0.465. The fraction of sp³-hybridized carbons (Fsp3) is 0.500. The van der Waals surface area contributed by atoms with Crippen molar-refractivity contribution in [2.45, 2.75) is 25.7 Å². The topological polar surface area (TPSA) is 110 Å². The molecule has 0 rings (SSSR count). The average Bonchev–Trinajstić information content (AvgIpc) is 2.19. The van der Waals surface area contributed by atoms with Crippen molar-refractivity contribution in [3.63, 3.8) is 0 Å². The zero-order chi connectivity index (χ0) is 11.4. The van der Waals surface area contributed by atoms with Crippen LogP contribution in [0.1, 0.15) is 25.7 Å². The van der Waals surface area contributed by atoms with Gasteiger partial charge in [-0.15, -0.1) is 0 Å². The fourth-order valence-electron chi connectivity index (χ4n) is 0.465. The summed E-state index contributed by atoms with van der Waals surface area (Å²) in [5, 5.41) is 0. The zero-order valence-electron chi connectivity index (χ0n) is 8.62. The summed E-state index contributed by atoms with van der Waals surface area (Å²) in [6.45, 7) is 6.91. The number of hydrogen-bond donors (Lipinski definition) is 4. The van der Waals surface area contributed by atoms with Crippen LogP contribution < -0.4 is 22.5 Å². The largest absolute Gasteiger partial charge is 2.00 e. The molecule has 0 aliphatic rings. The Morgan fingerprint density at radius 2 is 1.20 bits per heavy atom. The Morgan fingerprint density at radius 1 is 0.933 bits per heavy atom. The van der Waals surface area contributed by atoms with Gasteiger partial charge in [-0.05, 0) is 0 Å². The molecule has 0 aromatic rings. The van der Waals surface area contributed by atoms with E-state index < -0.39 is 0 Å². The molecule has 0 aliphatic carbocycles. The summed E-state index contributed by atoms with van der Waals surface area (Å²) < 4.78 is 0. The number of nitrogens with one attached hydrogen (secondary N) is 2. The Morgan fingerprint density at radius 3 is 1.27 bits per heavy atom. The third-order valence-electron chi connectivity index (χ3n) is 1.13. The van der Waals surface area contributed by atoms with Gasteiger partial charge in [0, 0.05) is 12.8 Å². The molecule has 0 aromatic heterocycles. The van der Waals surface area contributed by atoms with Crippen LogP contribution in [0.5, 0.6) is 0 Å². The van der Waals surface area contributed by atoms with Crippen molar-refractivity contribution in [2.75, 3.05) is 0 Å². The maximum atomic E-state index is 10.1. The minimum atomic E-state index is -0.157. The first-order chi connectivity index (χ1) is 6.62. The Bertz CT molecular complexity index is 149. The molecule has 15 heavy (non-hydrogen) atoms. The molecule has 6 N–H and O–H groups in total. The first-order valence-electron chi connectivity index (χ1n) is 4.19. The molecular weight excluding hydrogens is 368 g/mol.